The first-order valence-corrected chi connectivity index (χ1v) is 19.6. The highest BCUT2D eigenvalue weighted by atomic mass is 32.1. The molecule has 8 aromatic rings. The summed E-state index contributed by atoms with van der Waals surface area (Å²) in [5, 5.41) is 12.8. The van der Waals surface area contributed by atoms with E-state index >= 15 is 0 Å². The first kappa shape index (κ1) is 37.3. The van der Waals surface area contributed by atoms with E-state index in [2.05, 4.69) is 51.4 Å². The molecule has 1 fully saturated rings. The van der Waals surface area contributed by atoms with Gasteiger partial charge in [0, 0.05) is 0 Å². The first-order chi connectivity index (χ1) is 28.5. The molecule has 10 heteroatoms. The maximum absolute atomic E-state index is 12.8. The Bertz CT molecular complexity index is 2450. The van der Waals surface area contributed by atoms with Crippen molar-refractivity contribution >= 4 is 29.3 Å². The lowest BCUT2D eigenvalue weighted by Gasteiger charge is -2.40. The second-order valence-corrected chi connectivity index (χ2v) is 14.7. The number of nitrogens with one attached hydrogen (secondary N) is 1. The van der Waals surface area contributed by atoms with Gasteiger partial charge < -0.3 is 30.0 Å². The molecule has 0 amide bonds. The lowest BCUT2D eigenvalue weighted by Crippen LogP contribution is -2.45. The van der Waals surface area contributed by atoms with Crippen molar-refractivity contribution in [2.24, 2.45) is 0 Å². The van der Waals surface area contributed by atoms with Crippen LogP contribution in [0, 0.1) is 4.64 Å². The quantitative estimate of drug-likeness (QED) is 0.0832. The summed E-state index contributed by atoms with van der Waals surface area (Å²) in [5.41, 5.74) is 10.2. The Balaban J connectivity index is 1.20. The van der Waals surface area contributed by atoms with Gasteiger partial charge in [-0.2, -0.15) is 4.98 Å². The second-order valence-electron chi connectivity index (χ2n) is 14.3. The van der Waals surface area contributed by atoms with Gasteiger partial charge in [0.1, 0.15) is 39.7 Å². The SMILES string of the molecule is Nc1nc2c(ncn2[C@@H]2O[C@H](COC(c3ccccc3)(c3ccccc3)c3ccccc3)[C@@H](O)[C@H]2OC(c2ccccc2)(c2ccccc2)c2ccccc2)c(=S)[nH]1. The van der Waals surface area contributed by atoms with Crippen molar-refractivity contribution in [3.8, 4) is 0 Å². The second kappa shape index (κ2) is 15.9. The predicted molar refractivity (Wildman–Crippen MR) is 226 cm³/mol. The number of ether oxygens (including phenoxy) is 3. The van der Waals surface area contributed by atoms with Crippen LogP contribution >= 0.6 is 12.2 Å². The molecule has 4 N–H and O–H groups in total. The fourth-order valence-electron chi connectivity index (χ4n) is 8.24. The Hall–Kier alpha value is -6.27. The van der Waals surface area contributed by atoms with Crippen molar-refractivity contribution in [3.05, 3.63) is 226 Å². The zero-order valence-corrected chi connectivity index (χ0v) is 32.2. The summed E-state index contributed by atoms with van der Waals surface area (Å²) in [6.45, 7) is -0.0204. The number of anilines is 1. The van der Waals surface area contributed by atoms with E-state index in [1.54, 1.807) is 10.9 Å². The number of H-pyrrole nitrogens is 1. The number of hydrogen-bond donors (Lipinski definition) is 3. The minimum atomic E-state index is -1.21. The zero-order valence-electron chi connectivity index (χ0n) is 31.4. The standard InChI is InChI=1S/C48H41N5O4S/c49-46-51-43-40(44(58)52-46)50-32-53(43)45-42(57-48(36-25-13-4-14-26-36,37-27-15-5-16-28-37)38-29-17-6-18-30-38)41(54)39(56-45)31-55-47(33-19-7-1-8-20-33,34-21-9-2-10-22-34)35-23-11-3-12-24-35/h1-30,32,39,41-42,45,54H,31H2,(H3,49,51,52,58)/t39-,41-,42-,45-/m1/s1. The van der Waals surface area contributed by atoms with Crippen LogP contribution in [-0.2, 0) is 25.4 Å². The number of aromatic nitrogens is 4. The van der Waals surface area contributed by atoms with Crippen LogP contribution in [0.1, 0.15) is 39.6 Å². The van der Waals surface area contributed by atoms with Gasteiger partial charge in [-0.15, -0.1) is 0 Å². The number of aliphatic hydroxyl groups is 1. The van der Waals surface area contributed by atoms with Gasteiger partial charge in [0.15, 0.2) is 11.9 Å². The van der Waals surface area contributed by atoms with Crippen LogP contribution in [0.5, 0.6) is 0 Å². The Morgan fingerprint density at radius 3 is 1.45 bits per heavy atom. The van der Waals surface area contributed by atoms with Gasteiger partial charge >= 0.3 is 0 Å². The van der Waals surface area contributed by atoms with Crippen LogP contribution < -0.4 is 5.73 Å². The van der Waals surface area contributed by atoms with E-state index in [0.717, 1.165) is 33.4 Å². The number of nitrogens with two attached hydrogens (primary N) is 1. The Kier molecular flexibility index (Phi) is 10.3. The van der Waals surface area contributed by atoms with Crippen molar-refractivity contribution in [1.29, 1.82) is 0 Å². The number of rotatable bonds is 12. The van der Waals surface area contributed by atoms with E-state index in [-0.39, 0.29) is 12.6 Å². The van der Waals surface area contributed by atoms with Crippen LogP contribution in [0.15, 0.2) is 188 Å². The fourth-order valence-corrected chi connectivity index (χ4v) is 8.49. The minimum absolute atomic E-state index is 0.0204. The van der Waals surface area contributed by atoms with Gasteiger partial charge in [0.2, 0.25) is 5.95 Å². The number of benzene rings is 6. The summed E-state index contributed by atoms with van der Waals surface area (Å²) in [6.07, 6.45) is -2.46. The monoisotopic (exact) mass is 783 g/mol. The van der Waals surface area contributed by atoms with Crippen molar-refractivity contribution < 1.29 is 19.3 Å². The summed E-state index contributed by atoms with van der Waals surface area (Å²) in [6, 6.07) is 60.5. The normalized spacial score (nSPS) is 18.4. The lowest BCUT2D eigenvalue weighted by molar-refractivity contribution is -0.122. The number of nitrogens with zero attached hydrogens (tertiary/aromatic N) is 3. The van der Waals surface area contributed by atoms with Crippen molar-refractivity contribution in [3.63, 3.8) is 0 Å². The number of imidazole rings is 1. The van der Waals surface area contributed by atoms with Crippen molar-refractivity contribution in [1.82, 2.24) is 19.5 Å². The zero-order chi connectivity index (χ0) is 39.5. The van der Waals surface area contributed by atoms with E-state index in [0.29, 0.717) is 15.8 Å². The molecule has 0 aliphatic carbocycles. The molecule has 1 saturated heterocycles. The molecule has 0 spiro atoms. The summed E-state index contributed by atoms with van der Waals surface area (Å²) < 4.78 is 23.9. The van der Waals surface area contributed by atoms with Crippen LogP contribution in [0.3, 0.4) is 0 Å². The van der Waals surface area contributed by atoms with Crippen molar-refractivity contribution in [2.45, 2.75) is 35.7 Å². The van der Waals surface area contributed by atoms with E-state index in [9.17, 15) is 5.11 Å². The fraction of sp³-hybridized carbons (Fsp3) is 0.146. The molecule has 0 radical (unpaired) electrons. The number of nitrogen functional groups attached to an aromatic ring is 1. The molecule has 2 aromatic heterocycles. The molecule has 9 nitrogen and oxygen atoms in total. The summed E-state index contributed by atoms with van der Waals surface area (Å²) >= 11 is 5.61. The van der Waals surface area contributed by atoms with E-state index < -0.39 is 35.7 Å². The molecule has 9 rings (SSSR count). The Morgan fingerprint density at radius 1 is 0.638 bits per heavy atom. The molecule has 6 aromatic carbocycles. The van der Waals surface area contributed by atoms with Crippen molar-refractivity contribution in [2.75, 3.05) is 12.3 Å². The molecule has 1 aliphatic heterocycles. The topological polar surface area (TPSA) is 120 Å². The molecule has 3 heterocycles. The third-order valence-corrected chi connectivity index (χ3v) is 11.2. The molecule has 0 unspecified atom stereocenters. The smallest absolute Gasteiger partial charge is 0.200 e. The summed E-state index contributed by atoms with van der Waals surface area (Å²) in [4.78, 5) is 12.1. The third-order valence-electron chi connectivity index (χ3n) is 10.9. The summed E-state index contributed by atoms with van der Waals surface area (Å²) in [7, 11) is 0. The largest absolute Gasteiger partial charge is 0.387 e. The molecular weight excluding hydrogens is 743 g/mol. The molecule has 288 valence electrons. The molecule has 4 atom stereocenters. The maximum Gasteiger partial charge on any atom is 0.200 e. The van der Waals surface area contributed by atoms with Gasteiger partial charge in [-0.25, -0.2) is 4.98 Å². The average molecular weight is 784 g/mol. The first-order valence-electron chi connectivity index (χ1n) is 19.2. The molecule has 0 bridgehead atoms. The van der Waals surface area contributed by atoms with Gasteiger partial charge in [0.25, 0.3) is 0 Å². The van der Waals surface area contributed by atoms with Crippen LogP contribution in [0.25, 0.3) is 11.2 Å². The van der Waals surface area contributed by atoms with Gasteiger partial charge in [-0.05, 0) is 33.4 Å². The average Bonchev–Trinajstić information content (AvgIpc) is 3.84. The Labute approximate surface area is 341 Å². The number of aromatic amines is 1. The van der Waals surface area contributed by atoms with Gasteiger partial charge in [-0.3, -0.25) is 4.57 Å². The Morgan fingerprint density at radius 2 is 1.03 bits per heavy atom. The highest BCUT2D eigenvalue weighted by Crippen LogP contribution is 2.47. The van der Waals surface area contributed by atoms with Gasteiger partial charge in [-0.1, -0.05) is 194 Å². The highest BCUT2D eigenvalue weighted by molar-refractivity contribution is 7.71. The van der Waals surface area contributed by atoms with E-state index in [1.807, 2.05) is 146 Å². The van der Waals surface area contributed by atoms with E-state index in [4.69, 9.17) is 32.2 Å². The summed E-state index contributed by atoms with van der Waals surface area (Å²) in [5.74, 6) is 0.126. The maximum atomic E-state index is 12.8. The third kappa shape index (κ3) is 6.60. The highest BCUT2D eigenvalue weighted by Gasteiger charge is 2.52. The molecule has 58 heavy (non-hydrogen) atoms. The molecule has 1 aliphatic rings. The number of fused-ring (bicyclic) bond motifs is 1. The van der Waals surface area contributed by atoms with Crippen LogP contribution in [0.4, 0.5) is 5.95 Å². The van der Waals surface area contributed by atoms with Crippen LogP contribution in [-0.4, -0.2) is 49.5 Å². The number of aliphatic hydroxyl groups excluding tert-OH is 1. The van der Waals surface area contributed by atoms with Crippen LogP contribution in [0.2, 0.25) is 0 Å². The van der Waals surface area contributed by atoms with E-state index in [1.165, 1.54) is 0 Å². The predicted octanol–water partition coefficient (Wildman–Crippen LogP) is 8.72. The minimum Gasteiger partial charge on any atom is -0.387 e. The molecule has 0 saturated carbocycles. The van der Waals surface area contributed by atoms with Gasteiger partial charge in [0.05, 0.1) is 12.9 Å². The molecular formula is C48H41N5O4S. The lowest BCUT2D eigenvalue weighted by atomic mass is 9.79. The number of hydrogen-bond acceptors (Lipinski definition) is 8.